The largest absolute Gasteiger partial charge is 0.379 e. The summed E-state index contributed by atoms with van der Waals surface area (Å²) in [4.78, 5) is 6.60. The Hall–Kier alpha value is -0.420. The molecule has 1 rings (SSSR count). The Bertz CT molecular complexity index is 228. The summed E-state index contributed by atoms with van der Waals surface area (Å²) in [6.07, 6.45) is 2.44. The van der Waals surface area contributed by atoms with E-state index in [4.69, 9.17) is 10.5 Å². The third-order valence-corrected chi connectivity index (χ3v) is 3.56. The predicted molar refractivity (Wildman–Crippen MR) is 75.7 cm³/mol. The van der Waals surface area contributed by atoms with Crippen LogP contribution in [0.25, 0.3) is 0 Å². The molecule has 0 spiro atoms. The van der Waals surface area contributed by atoms with Gasteiger partial charge in [-0.25, -0.2) is 0 Å². The van der Waals surface area contributed by atoms with Crippen LogP contribution >= 0.6 is 11.8 Å². The highest BCUT2D eigenvalue weighted by Crippen LogP contribution is 2.08. The predicted octanol–water partition coefficient (Wildman–Crippen LogP) is 1.56. The molecule has 0 aliphatic carbocycles. The van der Waals surface area contributed by atoms with Crippen LogP contribution in [0.3, 0.4) is 0 Å². The Kier molecular flexibility index (Phi) is 7.44. The van der Waals surface area contributed by atoms with E-state index in [1.807, 2.05) is 11.8 Å². The summed E-state index contributed by atoms with van der Waals surface area (Å²) in [5.74, 6) is 3.05. The molecule has 0 aromatic rings. The van der Waals surface area contributed by atoms with E-state index < -0.39 is 0 Å². The molecule has 1 heterocycles. The highest BCUT2D eigenvalue weighted by Gasteiger charge is 2.11. The van der Waals surface area contributed by atoms with Gasteiger partial charge in [0.15, 0.2) is 5.96 Å². The minimum Gasteiger partial charge on any atom is -0.379 e. The van der Waals surface area contributed by atoms with Gasteiger partial charge in [0.1, 0.15) is 0 Å². The molecule has 1 aliphatic rings. The zero-order chi connectivity index (χ0) is 12.5. The maximum Gasteiger partial charge on any atom is 0.191 e. The number of unbranched alkanes of at least 4 members (excludes halogenated alkanes) is 1. The topological polar surface area (TPSA) is 50.9 Å². The maximum atomic E-state index is 5.95. The van der Waals surface area contributed by atoms with Gasteiger partial charge in [-0.15, -0.1) is 0 Å². The second kappa shape index (κ2) is 8.64. The van der Waals surface area contributed by atoms with E-state index in [9.17, 15) is 0 Å². The summed E-state index contributed by atoms with van der Waals surface area (Å²) < 4.78 is 5.47. The van der Waals surface area contributed by atoms with Gasteiger partial charge in [0.2, 0.25) is 0 Å². The number of nitrogens with two attached hydrogens (primary N) is 1. The van der Waals surface area contributed by atoms with Crippen LogP contribution in [-0.2, 0) is 4.74 Å². The zero-order valence-corrected chi connectivity index (χ0v) is 11.8. The molecule has 0 unspecified atom stereocenters. The molecule has 1 aliphatic heterocycles. The number of nitrogens with zero attached hydrogens (tertiary/aromatic N) is 2. The number of aliphatic imine (C=N–C) groups is 1. The molecule has 0 aromatic heterocycles. The fourth-order valence-electron chi connectivity index (χ4n) is 1.62. The van der Waals surface area contributed by atoms with Gasteiger partial charge in [0, 0.05) is 37.7 Å². The summed E-state index contributed by atoms with van der Waals surface area (Å²) in [6, 6.07) is 0. The first-order valence-corrected chi connectivity index (χ1v) is 7.60. The van der Waals surface area contributed by atoms with Gasteiger partial charge in [0.05, 0.1) is 6.10 Å². The first-order chi connectivity index (χ1) is 8.20. The molecule has 0 bridgehead atoms. The van der Waals surface area contributed by atoms with Gasteiger partial charge in [-0.05, 0) is 26.7 Å². The second-order valence-electron chi connectivity index (χ2n) is 4.47. The Morgan fingerprint density at radius 3 is 2.71 bits per heavy atom. The van der Waals surface area contributed by atoms with Crippen molar-refractivity contribution in [1.29, 1.82) is 0 Å². The van der Waals surface area contributed by atoms with E-state index in [0.717, 1.165) is 45.0 Å². The van der Waals surface area contributed by atoms with Crippen LogP contribution < -0.4 is 5.73 Å². The molecule has 0 aromatic carbocycles. The van der Waals surface area contributed by atoms with Crippen molar-refractivity contribution < 1.29 is 4.74 Å². The Labute approximate surface area is 109 Å². The number of rotatable bonds is 6. The minimum atomic E-state index is 0.328. The number of thioether (sulfide) groups is 1. The van der Waals surface area contributed by atoms with Crippen LogP contribution in [0.5, 0.6) is 0 Å². The third-order valence-electron chi connectivity index (χ3n) is 2.61. The van der Waals surface area contributed by atoms with Crippen LogP contribution in [0, 0.1) is 0 Å². The van der Waals surface area contributed by atoms with Crippen LogP contribution in [0.4, 0.5) is 0 Å². The molecule has 5 heteroatoms. The second-order valence-corrected chi connectivity index (χ2v) is 5.69. The van der Waals surface area contributed by atoms with Crippen molar-refractivity contribution >= 4 is 17.7 Å². The van der Waals surface area contributed by atoms with Gasteiger partial charge in [-0.1, -0.05) is 0 Å². The molecule has 0 amide bonds. The maximum absolute atomic E-state index is 5.95. The number of hydrogen-bond acceptors (Lipinski definition) is 3. The molecule has 0 saturated carbocycles. The van der Waals surface area contributed by atoms with E-state index in [2.05, 4.69) is 23.7 Å². The van der Waals surface area contributed by atoms with Crippen molar-refractivity contribution in [2.45, 2.75) is 32.8 Å². The van der Waals surface area contributed by atoms with E-state index in [0.29, 0.717) is 6.10 Å². The number of ether oxygens (including phenoxy) is 1. The fourth-order valence-corrected chi connectivity index (χ4v) is 2.52. The lowest BCUT2D eigenvalue weighted by Crippen LogP contribution is -2.42. The van der Waals surface area contributed by atoms with Crippen molar-refractivity contribution in [2.75, 3.05) is 37.7 Å². The summed E-state index contributed by atoms with van der Waals surface area (Å²) >= 11 is 1.98. The standard InChI is InChI=1S/C12H25N3OS/c1-11(2)16-8-4-3-5-14-12(13)15-6-9-17-10-7-15/h11H,3-10H2,1-2H3,(H2,13,14). The minimum absolute atomic E-state index is 0.328. The summed E-state index contributed by atoms with van der Waals surface area (Å²) in [7, 11) is 0. The summed E-state index contributed by atoms with van der Waals surface area (Å²) in [5.41, 5.74) is 5.95. The monoisotopic (exact) mass is 259 g/mol. The molecular weight excluding hydrogens is 234 g/mol. The average Bonchev–Trinajstić information content (AvgIpc) is 2.34. The van der Waals surface area contributed by atoms with Gasteiger partial charge in [0.25, 0.3) is 0 Å². The normalized spacial score (nSPS) is 17.8. The Morgan fingerprint density at radius 1 is 1.35 bits per heavy atom. The smallest absolute Gasteiger partial charge is 0.191 e. The summed E-state index contributed by atoms with van der Waals surface area (Å²) in [6.45, 7) is 7.84. The first kappa shape index (κ1) is 14.6. The average molecular weight is 259 g/mol. The molecule has 0 atom stereocenters. The lowest BCUT2D eigenvalue weighted by atomic mass is 10.3. The lowest BCUT2D eigenvalue weighted by Gasteiger charge is -2.27. The fraction of sp³-hybridized carbons (Fsp3) is 0.917. The van der Waals surface area contributed by atoms with Crippen molar-refractivity contribution in [2.24, 2.45) is 10.7 Å². The third kappa shape index (κ3) is 6.78. The summed E-state index contributed by atoms with van der Waals surface area (Å²) in [5, 5.41) is 0. The molecule has 17 heavy (non-hydrogen) atoms. The zero-order valence-electron chi connectivity index (χ0n) is 11.0. The first-order valence-electron chi connectivity index (χ1n) is 6.44. The lowest BCUT2D eigenvalue weighted by molar-refractivity contribution is 0.0763. The van der Waals surface area contributed by atoms with E-state index in [1.54, 1.807) is 0 Å². The quantitative estimate of drug-likeness (QED) is 0.447. The van der Waals surface area contributed by atoms with Gasteiger partial charge < -0.3 is 15.4 Å². The molecule has 2 N–H and O–H groups in total. The van der Waals surface area contributed by atoms with E-state index in [-0.39, 0.29) is 0 Å². The van der Waals surface area contributed by atoms with Crippen LogP contribution in [0.15, 0.2) is 4.99 Å². The molecule has 0 radical (unpaired) electrons. The Morgan fingerprint density at radius 2 is 2.06 bits per heavy atom. The van der Waals surface area contributed by atoms with Crippen LogP contribution in [0.2, 0.25) is 0 Å². The molecule has 4 nitrogen and oxygen atoms in total. The van der Waals surface area contributed by atoms with Crippen molar-refractivity contribution in [1.82, 2.24) is 4.90 Å². The van der Waals surface area contributed by atoms with Crippen molar-refractivity contribution in [3.63, 3.8) is 0 Å². The van der Waals surface area contributed by atoms with E-state index >= 15 is 0 Å². The van der Waals surface area contributed by atoms with Gasteiger partial charge in [-0.3, -0.25) is 4.99 Å². The number of hydrogen-bond donors (Lipinski definition) is 1. The van der Waals surface area contributed by atoms with Crippen molar-refractivity contribution in [3.8, 4) is 0 Å². The van der Waals surface area contributed by atoms with Gasteiger partial charge >= 0.3 is 0 Å². The highest BCUT2D eigenvalue weighted by atomic mass is 32.2. The molecular formula is C12H25N3OS. The SMILES string of the molecule is CC(C)OCCCCN=C(N)N1CCSCC1. The van der Waals surface area contributed by atoms with E-state index in [1.165, 1.54) is 11.5 Å². The van der Waals surface area contributed by atoms with Crippen LogP contribution in [-0.4, -0.2) is 54.7 Å². The van der Waals surface area contributed by atoms with Crippen LogP contribution in [0.1, 0.15) is 26.7 Å². The van der Waals surface area contributed by atoms with Gasteiger partial charge in [-0.2, -0.15) is 11.8 Å². The highest BCUT2D eigenvalue weighted by molar-refractivity contribution is 7.99. The Balaban J connectivity index is 2.06. The molecule has 100 valence electrons. The molecule has 1 saturated heterocycles. The number of guanidine groups is 1. The molecule has 1 fully saturated rings. The van der Waals surface area contributed by atoms with Crippen molar-refractivity contribution in [3.05, 3.63) is 0 Å².